The summed E-state index contributed by atoms with van der Waals surface area (Å²) in [5, 5.41) is 5.29. The molecule has 0 aliphatic heterocycles. The summed E-state index contributed by atoms with van der Waals surface area (Å²) in [5.74, 6) is 2.11. The van der Waals surface area contributed by atoms with E-state index in [9.17, 15) is 0 Å². The normalized spacial score (nSPS) is 10.3. The van der Waals surface area contributed by atoms with E-state index in [1.165, 1.54) is 11.3 Å². The van der Waals surface area contributed by atoms with E-state index in [4.69, 9.17) is 14.2 Å². The molecule has 0 saturated carbocycles. The Hall–Kier alpha value is -1.79. The Labute approximate surface area is 122 Å². The number of hydrogen-bond acceptors (Lipinski definition) is 6. The predicted molar refractivity (Wildman–Crippen MR) is 77.6 cm³/mol. The molecule has 1 radical (unpaired) electrons. The highest BCUT2D eigenvalue weighted by molar-refractivity contribution is 7.07. The van der Waals surface area contributed by atoms with Crippen LogP contribution in [0, 0.1) is 5.51 Å². The average Bonchev–Trinajstić information content (AvgIpc) is 2.99. The fourth-order valence-corrected chi connectivity index (χ4v) is 2.34. The molecule has 2 aromatic rings. The molecule has 1 N–H and O–H groups in total. The second kappa shape index (κ2) is 7.12. The number of hydrogen-bond donors (Lipinski definition) is 1. The Morgan fingerprint density at radius 3 is 2.35 bits per heavy atom. The van der Waals surface area contributed by atoms with Crippen LogP contribution in [0.15, 0.2) is 17.5 Å². The highest BCUT2D eigenvalue weighted by Crippen LogP contribution is 2.34. The molecular weight excluding hydrogens is 276 g/mol. The molecule has 0 unspecified atom stereocenters. The molecule has 0 saturated heterocycles. The van der Waals surface area contributed by atoms with Gasteiger partial charge in [0.2, 0.25) is 0 Å². The zero-order valence-electron chi connectivity index (χ0n) is 11.7. The first-order valence-corrected chi connectivity index (χ1v) is 6.96. The van der Waals surface area contributed by atoms with Crippen LogP contribution in [0.2, 0.25) is 0 Å². The molecule has 0 amide bonds. The lowest BCUT2D eigenvalue weighted by Crippen LogP contribution is -2.13. The third-order valence-corrected chi connectivity index (χ3v) is 3.43. The Morgan fingerprint density at radius 2 is 1.75 bits per heavy atom. The van der Waals surface area contributed by atoms with Gasteiger partial charge < -0.3 is 19.5 Å². The van der Waals surface area contributed by atoms with Crippen molar-refractivity contribution >= 4 is 11.3 Å². The molecule has 0 spiro atoms. The molecule has 0 aliphatic rings. The summed E-state index contributed by atoms with van der Waals surface area (Å²) < 4.78 is 15.9. The van der Waals surface area contributed by atoms with Crippen LogP contribution in [0.5, 0.6) is 17.2 Å². The van der Waals surface area contributed by atoms with Crippen LogP contribution >= 0.6 is 11.3 Å². The maximum atomic E-state index is 5.38. The van der Waals surface area contributed by atoms with Gasteiger partial charge in [0, 0.05) is 30.1 Å². The van der Waals surface area contributed by atoms with Gasteiger partial charge in [-0.3, -0.25) is 0 Å². The van der Waals surface area contributed by atoms with E-state index in [1.807, 2.05) is 17.5 Å². The van der Waals surface area contributed by atoms with E-state index in [2.05, 4.69) is 15.8 Å². The van der Waals surface area contributed by atoms with Gasteiger partial charge in [-0.1, -0.05) is 0 Å². The van der Waals surface area contributed by atoms with Crippen molar-refractivity contribution in [1.29, 1.82) is 0 Å². The van der Waals surface area contributed by atoms with Crippen molar-refractivity contribution in [3.63, 3.8) is 0 Å². The summed E-state index contributed by atoms with van der Waals surface area (Å²) in [7, 11) is 4.86. The van der Waals surface area contributed by atoms with E-state index in [1.54, 1.807) is 21.3 Å². The first kappa shape index (κ1) is 14.6. The summed E-state index contributed by atoms with van der Waals surface area (Å²) in [4.78, 5) is 4.11. The van der Waals surface area contributed by atoms with E-state index in [0.717, 1.165) is 17.0 Å². The number of rotatable bonds is 7. The van der Waals surface area contributed by atoms with Crippen LogP contribution in [0.3, 0.4) is 0 Å². The minimum Gasteiger partial charge on any atom is -0.496 e. The standard InChI is InChI=1S/C14H17N2O3S/c1-17-12-5-14(19-3)13(18-2)4-10(12)6-15-7-11-8-20-9-16-11/h4-5,8,15H,6-7H2,1-3H3. The maximum Gasteiger partial charge on any atom is 0.164 e. The van der Waals surface area contributed by atoms with Crippen molar-refractivity contribution in [2.45, 2.75) is 13.1 Å². The lowest BCUT2D eigenvalue weighted by molar-refractivity contribution is 0.347. The zero-order valence-corrected chi connectivity index (χ0v) is 12.5. The molecule has 0 bridgehead atoms. The van der Waals surface area contributed by atoms with Gasteiger partial charge in [-0.25, -0.2) is 4.98 Å². The van der Waals surface area contributed by atoms with Gasteiger partial charge in [0.25, 0.3) is 0 Å². The molecule has 0 aliphatic carbocycles. The maximum absolute atomic E-state index is 5.38. The summed E-state index contributed by atoms with van der Waals surface area (Å²) in [5.41, 5.74) is 4.81. The second-order valence-electron chi connectivity index (χ2n) is 4.05. The highest BCUT2D eigenvalue weighted by atomic mass is 32.1. The van der Waals surface area contributed by atoms with Crippen LogP contribution in [0.1, 0.15) is 11.3 Å². The van der Waals surface area contributed by atoms with Gasteiger partial charge in [0.1, 0.15) is 5.75 Å². The molecule has 6 heteroatoms. The Bertz CT molecular complexity index is 544. The quantitative estimate of drug-likeness (QED) is 0.848. The number of ether oxygens (including phenoxy) is 3. The van der Waals surface area contributed by atoms with Gasteiger partial charge in [0.15, 0.2) is 17.0 Å². The minimum absolute atomic E-state index is 0.654. The van der Waals surface area contributed by atoms with Crippen LogP contribution in [-0.2, 0) is 13.1 Å². The summed E-state index contributed by atoms with van der Waals surface area (Å²) in [6.07, 6.45) is 0. The lowest BCUT2D eigenvalue weighted by atomic mass is 10.1. The van der Waals surface area contributed by atoms with E-state index in [-0.39, 0.29) is 0 Å². The summed E-state index contributed by atoms with van der Waals surface area (Å²) >= 11 is 1.47. The SMILES string of the molecule is COc1cc(OC)c(OC)cc1CNCc1cs[c]n1. The summed E-state index contributed by atoms with van der Waals surface area (Å²) in [6, 6.07) is 3.74. The van der Waals surface area contributed by atoms with Crippen LogP contribution < -0.4 is 19.5 Å². The molecule has 1 aromatic carbocycles. The molecule has 20 heavy (non-hydrogen) atoms. The average molecular weight is 293 g/mol. The van der Waals surface area contributed by atoms with E-state index >= 15 is 0 Å². The molecular formula is C14H17N2O3S. The number of thiazole rings is 1. The van der Waals surface area contributed by atoms with Crippen LogP contribution in [0.25, 0.3) is 0 Å². The fourth-order valence-electron chi connectivity index (χ4n) is 1.84. The third kappa shape index (κ3) is 3.40. The molecule has 0 fully saturated rings. The topological polar surface area (TPSA) is 52.6 Å². The Balaban J connectivity index is 2.09. The van der Waals surface area contributed by atoms with Crippen molar-refractivity contribution < 1.29 is 14.2 Å². The second-order valence-corrected chi connectivity index (χ2v) is 4.71. The number of methoxy groups -OCH3 is 3. The van der Waals surface area contributed by atoms with Gasteiger partial charge in [0.05, 0.1) is 27.0 Å². The van der Waals surface area contributed by atoms with Gasteiger partial charge in [-0.15, -0.1) is 11.3 Å². The molecule has 5 nitrogen and oxygen atoms in total. The van der Waals surface area contributed by atoms with Crippen molar-refractivity contribution in [3.05, 3.63) is 34.3 Å². The lowest BCUT2D eigenvalue weighted by Gasteiger charge is -2.14. The van der Waals surface area contributed by atoms with Gasteiger partial charge in [-0.2, -0.15) is 0 Å². The summed E-state index contributed by atoms with van der Waals surface area (Å²) in [6.45, 7) is 1.35. The minimum atomic E-state index is 0.654. The number of benzene rings is 1. The molecule has 0 atom stereocenters. The number of aromatic nitrogens is 1. The fraction of sp³-hybridized carbons (Fsp3) is 0.357. The third-order valence-electron chi connectivity index (χ3n) is 2.85. The van der Waals surface area contributed by atoms with Gasteiger partial charge >= 0.3 is 0 Å². The highest BCUT2D eigenvalue weighted by Gasteiger charge is 2.11. The predicted octanol–water partition coefficient (Wildman–Crippen LogP) is 2.26. The van der Waals surface area contributed by atoms with E-state index < -0.39 is 0 Å². The largest absolute Gasteiger partial charge is 0.496 e. The van der Waals surface area contributed by atoms with Gasteiger partial charge in [-0.05, 0) is 6.07 Å². The number of nitrogens with zero attached hydrogens (tertiary/aromatic N) is 1. The zero-order chi connectivity index (χ0) is 14.4. The van der Waals surface area contributed by atoms with Crippen molar-refractivity contribution in [3.8, 4) is 17.2 Å². The van der Waals surface area contributed by atoms with E-state index in [0.29, 0.717) is 24.6 Å². The molecule has 1 aromatic heterocycles. The van der Waals surface area contributed by atoms with Crippen LogP contribution in [0.4, 0.5) is 0 Å². The van der Waals surface area contributed by atoms with Crippen LogP contribution in [-0.4, -0.2) is 26.3 Å². The molecule has 2 rings (SSSR count). The van der Waals surface area contributed by atoms with Crippen molar-refractivity contribution in [2.75, 3.05) is 21.3 Å². The molecule has 107 valence electrons. The first-order valence-electron chi connectivity index (χ1n) is 6.08. The Kier molecular flexibility index (Phi) is 5.20. The molecule has 1 heterocycles. The number of nitrogens with one attached hydrogen (secondary N) is 1. The Morgan fingerprint density at radius 1 is 1.05 bits per heavy atom. The smallest absolute Gasteiger partial charge is 0.164 e. The first-order chi connectivity index (χ1) is 9.78. The monoisotopic (exact) mass is 293 g/mol. The van der Waals surface area contributed by atoms with Crippen molar-refractivity contribution in [2.24, 2.45) is 0 Å². The van der Waals surface area contributed by atoms with Crippen molar-refractivity contribution in [1.82, 2.24) is 10.3 Å².